The normalized spacial score (nSPS) is 13.9. The fraction of sp³-hybridized carbons (Fsp3) is 0.387. The predicted molar refractivity (Wildman–Crippen MR) is 162 cm³/mol. The summed E-state index contributed by atoms with van der Waals surface area (Å²) in [6.07, 6.45) is 0.798. The van der Waals surface area contributed by atoms with E-state index >= 15 is 0 Å². The molecule has 10 heteroatoms. The number of esters is 3. The number of rotatable bonds is 8. The van der Waals surface area contributed by atoms with Gasteiger partial charge in [-0.1, -0.05) is 49.7 Å². The molecule has 4 rings (SSSR count). The van der Waals surface area contributed by atoms with Gasteiger partial charge in [-0.15, -0.1) is 23.7 Å². The summed E-state index contributed by atoms with van der Waals surface area (Å²) in [4.78, 5) is 40.8. The van der Waals surface area contributed by atoms with Gasteiger partial charge in [0.05, 0.1) is 13.5 Å². The largest absolute Gasteiger partial charge is 0.468 e. The van der Waals surface area contributed by atoms with Crippen molar-refractivity contribution in [2.45, 2.75) is 65.5 Å². The first-order chi connectivity index (χ1) is 18.9. The number of aryl methyl sites for hydroxylation is 2. The quantitative estimate of drug-likeness (QED) is 0.200. The van der Waals surface area contributed by atoms with Gasteiger partial charge in [0.15, 0.2) is 5.06 Å². The third-order valence-electron chi connectivity index (χ3n) is 7.04. The first-order valence-electron chi connectivity index (χ1n) is 13.1. The number of hydrogen-bond donors (Lipinski definition) is 0. The summed E-state index contributed by atoms with van der Waals surface area (Å²) in [7, 11) is 1.37. The molecule has 0 aliphatic carbocycles. The van der Waals surface area contributed by atoms with Crippen LogP contribution in [-0.2, 0) is 37.5 Å². The number of hydrogen-bond acceptors (Lipinski definition) is 8. The van der Waals surface area contributed by atoms with Crippen LogP contribution >= 0.6 is 35.3 Å². The zero-order chi connectivity index (χ0) is 29.2. The lowest BCUT2D eigenvalue weighted by Crippen LogP contribution is -2.38. The summed E-state index contributed by atoms with van der Waals surface area (Å²) >= 11 is 7.88. The van der Waals surface area contributed by atoms with Gasteiger partial charge in [-0.2, -0.15) is 0 Å². The van der Waals surface area contributed by atoms with E-state index in [1.54, 1.807) is 6.07 Å². The Morgan fingerprint density at radius 2 is 1.80 bits per heavy atom. The Kier molecular flexibility index (Phi) is 10.6. The Hall–Kier alpha value is -2.91. The third-order valence-corrected chi connectivity index (χ3v) is 8.50. The van der Waals surface area contributed by atoms with Crippen LogP contribution in [0.3, 0.4) is 0 Å². The van der Waals surface area contributed by atoms with Crippen LogP contribution in [0.25, 0.3) is 0 Å². The Balaban J connectivity index is 0.00000462. The molecule has 0 saturated heterocycles. The molecule has 41 heavy (non-hydrogen) atoms. The van der Waals surface area contributed by atoms with Gasteiger partial charge in [0.1, 0.15) is 11.8 Å². The molecule has 1 aliphatic heterocycles. The predicted octanol–water partition coefficient (Wildman–Crippen LogP) is 6.91. The second-order valence-corrected chi connectivity index (χ2v) is 12.3. The van der Waals surface area contributed by atoms with E-state index in [1.165, 1.54) is 25.4 Å². The third kappa shape index (κ3) is 7.49. The van der Waals surface area contributed by atoms with Gasteiger partial charge in [0.2, 0.25) is 0 Å². The Bertz CT molecular complexity index is 1450. The highest BCUT2D eigenvalue weighted by atomic mass is 35.5. The van der Waals surface area contributed by atoms with Crippen LogP contribution in [0.1, 0.15) is 65.9 Å². The van der Waals surface area contributed by atoms with Gasteiger partial charge in [-0.3, -0.25) is 14.5 Å². The van der Waals surface area contributed by atoms with Crippen molar-refractivity contribution in [1.82, 2.24) is 4.90 Å². The maximum atomic E-state index is 13.1. The summed E-state index contributed by atoms with van der Waals surface area (Å²) in [6.45, 7) is 10.3. The van der Waals surface area contributed by atoms with E-state index in [9.17, 15) is 14.4 Å². The summed E-state index contributed by atoms with van der Waals surface area (Å²) in [5, 5.41) is 1.02. The maximum absolute atomic E-state index is 13.1. The van der Waals surface area contributed by atoms with E-state index in [1.807, 2.05) is 69.0 Å². The number of nitrogens with zero attached hydrogens (tertiary/aromatic N) is 1. The first kappa shape index (κ1) is 32.6. The second-order valence-electron chi connectivity index (χ2n) is 10.8. The van der Waals surface area contributed by atoms with Gasteiger partial charge in [0.25, 0.3) is 0 Å². The van der Waals surface area contributed by atoms with Crippen LogP contribution in [-0.4, -0.2) is 36.5 Å². The molecule has 0 saturated carbocycles. The van der Waals surface area contributed by atoms with Crippen molar-refractivity contribution >= 4 is 53.3 Å². The summed E-state index contributed by atoms with van der Waals surface area (Å²) in [6, 6.07) is 12.3. The number of carbonyl (C=O) groups excluding carboxylic acids is 3. The second kappa shape index (κ2) is 13.4. The molecule has 2 heterocycles. The van der Waals surface area contributed by atoms with E-state index in [4.69, 9.17) is 25.8 Å². The minimum atomic E-state index is -0.643. The number of thiophene rings is 1. The molecule has 0 spiro atoms. The van der Waals surface area contributed by atoms with Gasteiger partial charge >= 0.3 is 17.9 Å². The molecule has 0 unspecified atom stereocenters. The molecule has 0 amide bonds. The highest BCUT2D eigenvalue weighted by molar-refractivity contribution is 7.14. The van der Waals surface area contributed by atoms with E-state index in [2.05, 4.69) is 0 Å². The van der Waals surface area contributed by atoms with E-state index in [-0.39, 0.29) is 30.8 Å². The highest BCUT2D eigenvalue weighted by Gasteiger charge is 2.34. The zero-order valence-corrected chi connectivity index (χ0v) is 26.4. The standard InChI is InChI=1S/C31H34ClNO6S.ClH/c1-18-13-19(2)28(24(14-18)38-20(3)34)31(4,5)16-26(35)39-27-15-21-17-33(12-11-25(21)40-27)29(30(36)37-6)22-9-7-8-10-23(22)32;/h7-10,13-15,29H,11-12,16-17H2,1-6H3;1H/t29-;/m0./s1. The molecular formula is C31H35Cl2NO6S. The summed E-state index contributed by atoms with van der Waals surface area (Å²) in [5.41, 5.74) is 3.78. The fourth-order valence-corrected chi connectivity index (χ4v) is 6.77. The molecule has 1 aliphatic rings. The number of fused-ring (bicyclic) bond motifs is 1. The molecule has 0 fully saturated rings. The van der Waals surface area contributed by atoms with Gasteiger partial charge < -0.3 is 14.2 Å². The van der Waals surface area contributed by atoms with E-state index < -0.39 is 17.4 Å². The molecule has 7 nitrogen and oxygen atoms in total. The smallest absolute Gasteiger partial charge is 0.327 e. The van der Waals surface area contributed by atoms with Crippen molar-refractivity contribution in [3.05, 3.63) is 80.2 Å². The van der Waals surface area contributed by atoms with Crippen LogP contribution in [0.2, 0.25) is 5.02 Å². The minimum Gasteiger partial charge on any atom is -0.468 e. The number of benzene rings is 2. The Labute approximate surface area is 256 Å². The van der Waals surface area contributed by atoms with Crippen LogP contribution < -0.4 is 9.47 Å². The highest BCUT2D eigenvalue weighted by Crippen LogP contribution is 2.40. The van der Waals surface area contributed by atoms with Crippen LogP contribution in [0.4, 0.5) is 0 Å². The molecule has 0 N–H and O–H groups in total. The SMILES string of the molecule is COC(=O)[C@H](c1ccccc1Cl)N1CCc2sc(OC(=O)CC(C)(C)c3c(C)cc(C)cc3OC(C)=O)cc2C1.Cl. The molecule has 1 aromatic heterocycles. The lowest BCUT2D eigenvalue weighted by Gasteiger charge is -2.33. The lowest BCUT2D eigenvalue weighted by molar-refractivity contribution is -0.147. The molecule has 1 atom stereocenters. The van der Waals surface area contributed by atoms with Crippen LogP contribution in [0.15, 0.2) is 42.5 Å². The average molecular weight is 621 g/mol. The first-order valence-corrected chi connectivity index (χ1v) is 14.3. The lowest BCUT2D eigenvalue weighted by atomic mass is 9.78. The van der Waals surface area contributed by atoms with Gasteiger partial charge in [0, 0.05) is 40.9 Å². The minimum absolute atomic E-state index is 0. The van der Waals surface area contributed by atoms with Gasteiger partial charge in [-0.25, -0.2) is 4.79 Å². The summed E-state index contributed by atoms with van der Waals surface area (Å²) < 4.78 is 16.4. The number of carbonyl (C=O) groups is 3. The maximum Gasteiger partial charge on any atom is 0.327 e. The van der Waals surface area contributed by atoms with Crippen molar-refractivity contribution < 1.29 is 28.6 Å². The molecule has 220 valence electrons. The molecule has 2 aromatic carbocycles. The molecule has 3 aromatic rings. The van der Waals surface area contributed by atoms with Crippen molar-refractivity contribution in [1.29, 1.82) is 0 Å². The number of methoxy groups -OCH3 is 1. The topological polar surface area (TPSA) is 82.1 Å². The van der Waals surface area contributed by atoms with E-state index in [0.717, 1.165) is 27.1 Å². The van der Waals surface area contributed by atoms with Crippen molar-refractivity contribution in [2.75, 3.05) is 13.7 Å². The van der Waals surface area contributed by atoms with Crippen molar-refractivity contribution in [3.63, 3.8) is 0 Å². The van der Waals surface area contributed by atoms with Crippen molar-refractivity contribution in [2.24, 2.45) is 0 Å². The zero-order valence-electron chi connectivity index (χ0n) is 24.0. The van der Waals surface area contributed by atoms with Crippen molar-refractivity contribution in [3.8, 4) is 10.8 Å². The van der Waals surface area contributed by atoms with Crippen LogP contribution in [0, 0.1) is 13.8 Å². The Morgan fingerprint density at radius 1 is 1.10 bits per heavy atom. The molecular weight excluding hydrogens is 585 g/mol. The summed E-state index contributed by atoms with van der Waals surface area (Å²) in [5.74, 6) is -0.696. The molecule has 0 bridgehead atoms. The van der Waals surface area contributed by atoms with E-state index in [0.29, 0.717) is 40.9 Å². The number of halogens is 2. The van der Waals surface area contributed by atoms with Crippen LogP contribution in [0.5, 0.6) is 10.8 Å². The molecule has 0 radical (unpaired) electrons. The fourth-order valence-electron chi connectivity index (χ4n) is 5.51. The monoisotopic (exact) mass is 619 g/mol. The Morgan fingerprint density at radius 3 is 2.46 bits per heavy atom. The van der Waals surface area contributed by atoms with Gasteiger partial charge in [-0.05, 0) is 60.7 Å². The number of ether oxygens (including phenoxy) is 3. The average Bonchev–Trinajstić information content (AvgIpc) is 3.25.